The molecule has 0 aliphatic carbocycles. The quantitative estimate of drug-likeness (QED) is 0.831. The second-order valence-electron chi connectivity index (χ2n) is 3.32. The van der Waals surface area contributed by atoms with Crippen molar-refractivity contribution in [3.05, 3.63) is 47.0 Å². The summed E-state index contributed by atoms with van der Waals surface area (Å²) in [4.78, 5) is 19.6. The molecule has 3 N–H and O–H groups in total. The number of carbonyl (C=O) groups excluding carboxylic acids is 1. The molecule has 0 saturated heterocycles. The number of anilines is 2. The molecular weight excluding hydrogens is 284 g/mol. The van der Waals surface area contributed by atoms with Gasteiger partial charge in [-0.25, -0.2) is 9.97 Å². The summed E-state index contributed by atoms with van der Waals surface area (Å²) in [5.74, 6) is -0.265. The molecular formula is C11H9BrN4O. The lowest BCUT2D eigenvalue weighted by Gasteiger charge is -2.06. The largest absolute Gasteiger partial charge is 0.399 e. The molecule has 0 atom stereocenters. The van der Waals surface area contributed by atoms with Gasteiger partial charge in [-0.2, -0.15) is 0 Å². The highest BCUT2D eigenvalue weighted by molar-refractivity contribution is 9.10. The highest BCUT2D eigenvalue weighted by Crippen LogP contribution is 2.20. The number of hydrogen-bond acceptors (Lipinski definition) is 4. The number of hydrogen-bond donors (Lipinski definition) is 2. The van der Waals surface area contributed by atoms with Crippen LogP contribution in [0.3, 0.4) is 0 Å². The monoisotopic (exact) mass is 292 g/mol. The van der Waals surface area contributed by atoms with Crippen molar-refractivity contribution in [2.24, 2.45) is 0 Å². The molecule has 2 aromatic rings. The average molecular weight is 293 g/mol. The summed E-state index contributed by atoms with van der Waals surface area (Å²) in [6, 6.07) is 5.04. The molecule has 86 valence electrons. The predicted molar refractivity (Wildman–Crippen MR) is 68.5 cm³/mol. The second-order valence-corrected chi connectivity index (χ2v) is 4.17. The van der Waals surface area contributed by atoms with Crippen molar-refractivity contribution in [1.82, 2.24) is 9.97 Å². The molecule has 0 fully saturated rings. The van der Waals surface area contributed by atoms with Crippen LogP contribution in [-0.2, 0) is 0 Å². The van der Waals surface area contributed by atoms with Crippen LogP contribution in [0.15, 0.2) is 41.4 Å². The Labute approximate surface area is 106 Å². The van der Waals surface area contributed by atoms with E-state index >= 15 is 0 Å². The van der Waals surface area contributed by atoms with Gasteiger partial charge in [-0.15, -0.1) is 0 Å². The van der Waals surface area contributed by atoms with E-state index in [0.29, 0.717) is 21.4 Å². The summed E-state index contributed by atoms with van der Waals surface area (Å²) in [7, 11) is 0. The Kier molecular flexibility index (Phi) is 3.34. The number of halogens is 1. The molecule has 17 heavy (non-hydrogen) atoms. The van der Waals surface area contributed by atoms with Gasteiger partial charge in [0.1, 0.15) is 6.33 Å². The molecule has 5 nitrogen and oxygen atoms in total. The molecule has 0 saturated carbocycles. The first-order chi connectivity index (χ1) is 8.16. The molecule has 1 amide bonds. The van der Waals surface area contributed by atoms with Gasteiger partial charge in [0.15, 0.2) is 0 Å². The third-order valence-corrected chi connectivity index (χ3v) is 2.74. The zero-order chi connectivity index (χ0) is 12.3. The van der Waals surface area contributed by atoms with Gasteiger partial charge < -0.3 is 11.1 Å². The maximum atomic E-state index is 11.9. The van der Waals surface area contributed by atoms with Crippen molar-refractivity contribution >= 4 is 33.2 Å². The van der Waals surface area contributed by atoms with E-state index in [9.17, 15) is 4.79 Å². The van der Waals surface area contributed by atoms with Crippen molar-refractivity contribution in [3.8, 4) is 0 Å². The minimum atomic E-state index is -0.265. The predicted octanol–water partition coefficient (Wildman–Crippen LogP) is 2.07. The van der Waals surface area contributed by atoms with E-state index in [1.54, 1.807) is 18.2 Å². The highest BCUT2D eigenvalue weighted by Gasteiger charge is 2.10. The van der Waals surface area contributed by atoms with E-state index < -0.39 is 0 Å². The number of benzene rings is 1. The highest BCUT2D eigenvalue weighted by atomic mass is 79.9. The molecule has 0 spiro atoms. The number of amides is 1. The van der Waals surface area contributed by atoms with Crippen LogP contribution in [0.4, 0.5) is 11.4 Å². The smallest absolute Gasteiger partial charge is 0.256 e. The van der Waals surface area contributed by atoms with Gasteiger partial charge in [-0.1, -0.05) is 0 Å². The van der Waals surface area contributed by atoms with Crippen LogP contribution in [0, 0.1) is 0 Å². The Hall–Kier alpha value is -1.95. The number of aromatic nitrogens is 2. The molecule has 1 aromatic heterocycles. The number of nitrogens with two attached hydrogens (primary N) is 1. The third kappa shape index (κ3) is 2.79. The van der Waals surface area contributed by atoms with E-state index in [0.717, 1.165) is 0 Å². The molecule has 2 rings (SSSR count). The molecule has 0 unspecified atom stereocenters. The summed E-state index contributed by atoms with van der Waals surface area (Å²) in [5, 5.41) is 2.68. The van der Waals surface area contributed by atoms with Gasteiger partial charge in [0.25, 0.3) is 5.91 Å². The lowest BCUT2D eigenvalue weighted by Crippen LogP contribution is -2.13. The number of rotatable bonds is 2. The van der Waals surface area contributed by atoms with Crippen molar-refractivity contribution in [2.75, 3.05) is 11.1 Å². The zero-order valence-corrected chi connectivity index (χ0v) is 10.3. The lowest BCUT2D eigenvalue weighted by atomic mass is 10.2. The van der Waals surface area contributed by atoms with Gasteiger partial charge in [0.05, 0.1) is 23.6 Å². The maximum Gasteiger partial charge on any atom is 0.256 e. The van der Waals surface area contributed by atoms with E-state index in [1.165, 1.54) is 18.7 Å². The van der Waals surface area contributed by atoms with Crippen LogP contribution < -0.4 is 11.1 Å². The molecule has 1 aromatic carbocycles. The molecule has 0 aliphatic rings. The Bertz CT molecular complexity index is 544. The fourth-order valence-electron chi connectivity index (χ4n) is 1.28. The Morgan fingerprint density at radius 1 is 1.29 bits per heavy atom. The topological polar surface area (TPSA) is 80.9 Å². The van der Waals surface area contributed by atoms with Crippen molar-refractivity contribution in [1.29, 1.82) is 0 Å². The average Bonchev–Trinajstić information content (AvgIpc) is 2.33. The Morgan fingerprint density at radius 3 is 2.71 bits per heavy atom. The van der Waals surface area contributed by atoms with E-state index in [-0.39, 0.29) is 5.91 Å². The summed E-state index contributed by atoms with van der Waals surface area (Å²) < 4.78 is 0.682. The fraction of sp³-hybridized carbons (Fsp3) is 0. The molecule has 0 radical (unpaired) electrons. The van der Waals surface area contributed by atoms with Crippen LogP contribution in [0.5, 0.6) is 0 Å². The number of nitrogens with one attached hydrogen (secondary N) is 1. The van der Waals surface area contributed by atoms with E-state index in [1.807, 2.05) is 0 Å². The fourth-order valence-corrected chi connectivity index (χ4v) is 1.71. The van der Waals surface area contributed by atoms with Crippen molar-refractivity contribution in [2.45, 2.75) is 0 Å². The minimum absolute atomic E-state index is 0.265. The maximum absolute atomic E-state index is 11.9. The van der Waals surface area contributed by atoms with Gasteiger partial charge in [0, 0.05) is 10.2 Å². The summed E-state index contributed by atoms with van der Waals surface area (Å²) in [5.41, 5.74) is 7.16. The SMILES string of the molecule is Nc1ccc(Br)c(C(=O)Nc2cncnc2)c1. The first-order valence-electron chi connectivity index (χ1n) is 4.78. The molecule has 0 bridgehead atoms. The summed E-state index contributed by atoms with van der Waals surface area (Å²) in [6.07, 6.45) is 4.43. The van der Waals surface area contributed by atoms with Crippen LogP contribution in [0.2, 0.25) is 0 Å². The van der Waals surface area contributed by atoms with E-state index in [2.05, 4.69) is 31.2 Å². The number of nitrogen functional groups attached to an aromatic ring is 1. The van der Waals surface area contributed by atoms with Crippen molar-refractivity contribution < 1.29 is 4.79 Å². The van der Waals surface area contributed by atoms with Gasteiger partial charge in [-0.05, 0) is 34.1 Å². The number of carbonyl (C=O) groups is 1. The van der Waals surface area contributed by atoms with Crippen LogP contribution in [0.25, 0.3) is 0 Å². The molecule has 0 aliphatic heterocycles. The normalized spacial score (nSPS) is 9.94. The number of nitrogens with zero attached hydrogens (tertiary/aromatic N) is 2. The van der Waals surface area contributed by atoms with Crippen LogP contribution >= 0.6 is 15.9 Å². The summed E-state index contributed by atoms with van der Waals surface area (Å²) in [6.45, 7) is 0. The second kappa shape index (κ2) is 4.92. The molecule has 6 heteroatoms. The molecule has 1 heterocycles. The van der Waals surface area contributed by atoms with Crippen molar-refractivity contribution in [3.63, 3.8) is 0 Å². The van der Waals surface area contributed by atoms with Gasteiger partial charge in [-0.3, -0.25) is 4.79 Å². The zero-order valence-electron chi connectivity index (χ0n) is 8.72. The van der Waals surface area contributed by atoms with Crippen LogP contribution in [-0.4, -0.2) is 15.9 Å². The standard InChI is InChI=1S/C11H9BrN4O/c12-10-2-1-7(13)3-9(10)11(17)16-8-4-14-6-15-5-8/h1-6H,13H2,(H,16,17). The van der Waals surface area contributed by atoms with Gasteiger partial charge in [0.2, 0.25) is 0 Å². The third-order valence-electron chi connectivity index (χ3n) is 2.05. The van der Waals surface area contributed by atoms with E-state index in [4.69, 9.17) is 5.73 Å². The Morgan fingerprint density at radius 2 is 2.00 bits per heavy atom. The van der Waals surface area contributed by atoms with Crippen LogP contribution in [0.1, 0.15) is 10.4 Å². The lowest BCUT2D eigenvalue weighted by molar-refractivity contribution is 0.102. The first kappa shape index (κ1) is 11.5. The Balaban J connectivity index is 2.23. The minimum Gasteiger partial charge on any atom is -0.399 e. The summed E-state index contributed by atoms with van der Waals surface area (Å²) >= 11 is 3.30. The first-order valence-corrected chi connectivity index (χ1v) is 5.57. The van der Waals surface area contributed by atoms with Gasteiger partial charge >= 0.3 is 0 Å².